The first-order chi connectivity index (χ1) is 13.4. The quantitative estimate of drug-likeness (QED) is 0.514. The third kappa shape index (κ3) is 3.23. The number of anilines is 2. The summed E-state index contributed by atoms with van der Waals surface area (Å²) in [5, 5.41) is 0. The molecule has 29 heavy (non-hydrogen) atoms. The van der Waals surface area contributed by atoms with Crippen LogP contribution in [0.5, 0.6) is 0 Å². The molecule has 2 aliphatic rings. The molecular weight excluding hydrogens is 352 g/mol. The van der Waals surface area contributed by atoms with E-state index in [2.05, 4.69) is 107 Å². The van der Waals surface area contributed by atoms with E-state index in [1.807, 2.05) is 13.1 Å². The molecule has 0 fully saturated rings. The minimum Gasteiger partial charge on any atom is -0.330 e. The minimum atomic E-state index is -0.134. The molecule has 1 aromatic carbocycles. The van der Waals surface area contributed by atoms with E-state index in [0.717, 1.165) is 11.4 Å². The lowest BCUT2D eigenvalue weighted by Gasteiger charge is -2.41. The van der Waals surface area contributed by atoms with Gasteiger partial charge in [-0.15, -0.1) is 0 Å². The van der Waals surface area contributed by atoms with Crippen LogP contribution in [0.3, 0.4) is 0 Å². The van der Waals surface area contributed by atoms with Gasteiger partial charge < -0.3 is 4.90 Å². The summed E-state index contributed by atoms with van der Waals surface area (Å²) >= 11 is 0. The first-order valence-electron chi connectivity index (χ1n) is 10.7. The summed E-state index contributed by atoms with van der Waals surface area (Å²) in [7, 11) is 0. The summed E-state index contributed by atoms with van der Waals surface area (Å²) in [5.41, 5.74) is 7.86. The molecule has 1 aliphatic carbocycles. The van der Waals surface area contributed by atoms with Gasteiger partial charge in [-0.25, -0.2) is 0 Å². The van der Waals surface area contributed by atoms with Gasteiger partial charge in [-0.1, -0.05) is 71.9 Å². The van der Waals surface area contributed by atoms with E-state index in [-0.39, 0.29) is 16.4 Å². The van der Waals surface area contributed by atoms with Gasteiger partial charge in [0, 0.05) is 17.3 Å². The van der Waals surface area contributed by atoms with Crippen LogP contribution < -0.4 is 4.90 Å². The number of hydrogen-bond acceptors (Lipinski definition) is 2. The molecule has 0 bridgehead atoms. The fourth-order valence-corrected chi connectivity index (χ4v) is 4.63. The molecule has 4 rings (SSSR count). The average molecular weight is 387 g/mol. The van der Waals surface area contributed by atoms with E-state index in [4.69, 9.17) is 0 Å². The molecule has 0 saturated carbocycles. The lowest BCUT2D eigenvalue weighted by Crippen LogP contribution is -2.42. The fourth-order valence-electron chi connectivity index (χ4n) is 4.63. The molecule has 1 aliphatic heterocycles. The van der Waals surface area contributed by atoms with Crippen molar-refractivity contribution in [3.63, 3.8) is 0 Å². The van der Waals surface area contributed by atoms with Crippen LogP contribution in [-0.2, 0) is 5.41 Å². The van der Waals surface area contributed by atoms with Crippen molar-refractivity contribution >= 4 is 11.4 Å². The molecule has 152 valence electrons. The van der Waals surface area contributed by atoms with Crippen LogP contribution in [0.4, 0.5) is 11.4 Å². The summed E-state index contributed by atoms with van der Waals surface area (Å²) in [5.74, 6) is 0.320. The molecule has 0 saturated heterocycles. The molecule has 2 nitrogen and oxygen atoms in total. The van der Waals surface area contributed by atoms with Crippen LogP contribution in [0.2, 0.25) is 0 Å². The van der Waals surface area contributed by atoms with Gasteiger partial charge >= 0.3 is 0 Å². The molecule has 1 aromatic heterocycles. The monoisotopic (exact) mass is 386 g/mol. The third-order valence-corrected chi connectivity index (χ3v) is 6.55. The maximum atomic E-state index is 4.60. The van der Waals surface area contributed by atoms with Crippen LogP contribution in [0.25, 0.3) is 0 Å². The first kappa shape index (κ1) is 19.9. The lowest BCUT2D eigenvalue weighted by atomic mass is 9.73. The Morgan fingerprint density at radius 2 is 1.69 bits per heavy atom. The van der Waals surface area contributed by atoms with Crippen molar-refractivity contribution in [2.24, 2.45) is 5.41 Å². The Morgan fingerprint density at radius 1 is 0.966 bits per heavy atom. The van der Waals surface area contributed by atoms with Gasteiger partial charge in [0.15, 0.2) is 0 Å². The zero-order chi connectivity index (χ0) is 21.2. The number of benzene rings is 1. The second kappa shape index (κ2) is 6.32. The summed E-state index contributed by atoms with van der Waals surface area (Å²) in [6, 6.07) is 11.4. The predicted molar refractivity (Wildman–Crippen MR) is 124 cm³/mol. The highest BCUT2D eigenvalue weighted by molar-refractivity contribution is 5.78. The van der Waals surface area contributed by atoms with Crippen LogP contribution in [0.15, 0.2) is 60.3 Å². The van der Waals surface area contributed by atoms with Crippen LogP contribution in [0.1, 0.15) is 71.2 Å². The molecule has 0 radical (unpaired) electrons. The third-order valence-electron chi connectivity index (χ3n) is 6.55. The second-order valence-corrected chi connectivity index (χ2v) is 10.9. The van der Waals surface area contributed by atoms with Crippen molar-refractivity contribution in [3.8, 4) is 0 Å². The smallest absolute Gasteiger partial charge is 0.0713 e. The van der Waals surface area contributed by atoms with Gasteiger partial charge in [0.2, 0.25) is 0 Å². The Hall–Kier alpha value is -2.35. The standard InChI is InChI=1S/C27H34N2/c1-18-9-11-21(17-28-18)29-24-12-10-19(25(2,3)4)15-22(24)23-16-20(26(5,6)7)13-14-27(23,29)8/h9-17,23H,1-8H3. The average Bonchev–Trinajstić information content (AvgIpc) is 2.88. The Balaban J connectivity index is 1.94. The second-order valence-electron chi connectivity index (χ2n) is 10.9. The molecular formula is C27H34N2. The van der Waals surface area contributed by atoms with E-state index in [9.17, 15) is 0 Å². The van der Waals surface area contributed by atoms with Crippen LogP contribution in [-0.4, -0.2) is 10.5 Å². The van der Waals surface area contributed by atoms with Gasteiger partial charge in [-0.3, -0.25) is 4.98 Å². The van der Waals surface area contributed by atoms with Gasteiger partial charge in [0.1, 0.15) is 0 Å². The molecule has 2 aromatic rings. The topological polar surface area (TPSA) is 16.1 Å². The first-order valence-corrected chi connectivity index (χ1v) is 10.7. The summed E-state index contributed by atoms with van der Waals surface area (Å²) < 4.78 is 0. The Morgan fingerprint density at radius 3 is 2.28 bits per heavy atom. The van der Waals surface area contributed by atoms with E-state index >= 15 is 0 Å². The molecule has 2 atom stereocenters. The number of rotatable bonds is 1. The fraction of sp³-hybridized carbons (Fsp3) is 0.444. The highest BCUT2D eigenvalue weighted by Gasteiger charge is 2.48. The van der Waals surface area contributed by atoms with E-state index < -0.39 is 0 Å². The van der Waals surface area contributed by atoms with E-state index in [1.54, 1.807) is 0 Å². The highest BCUT2D eigenvalue weighted by atomic mass is 15.2. The normalized spacial score (nSPS) is 23.7. The van der Waals surface area contributed by atoms with Gasteiger partial charge in [0.05, 0.1) is 17.4 Å². The number of pyridine rings is 1. The van der Waals surface area contributed by atoms with Gasteiger partial charge in [0.25, 0.3) is 0 Å². The summed E-state index contributed by atoms with van der Waals surface area (Å²) in [6.07, 6.45) is 9.27. The minimum absolute atomic E-state index is 0.130. The highest BCUT2D eigenvalue weighted by Crippen LogP contribution is 2.56. The number of fused-ring (bicyclic) bond motifs is 3. The maximum Gasteiger partial charge on any atom is 0.0713 e. The van der Waals surface area contributed by atoms with Crippen LogP contribution in [0, 0.1) is 12.3 Å². The number of aryl methyl sites for hydroxylation is 1. The SMILES string of the molecule is Cc1ccc(N2c3ccc(C(C)(C)C)cc3C3C=C(C(C)(C)C)C=CC32C)cn1. The molecule has 0 N–H and O–H groups in total. The van der Waals surface area contributed by atoms with Crippen LogP contribution >= 0.6 is 0 Å². The zero-order valence-electron chi connectivity index (χ0n) is 19.2. The maximum absolute atomic E-state index is 4.60. The molecule has 2 heteroatoms. The largest absolute Gasteiger partial charge is 0.330 e. The number of allylic oxidation sites excluding steroid dienone is 2. The number of aromatic nitrogens is 1. The van der Waals surface area contributed by atoms with Crippen molar-refractivity contribution < 1.29 is 0 Å². The van der Waals surface area contributed by atoms with Crippen molar-refractivity contribution in [1.29, 1.82) is 0 Å². The van der Waals surface area contributed by atoms with Gasteiger partial charge in [-0.05, 0) is 59.6 Å². The molecule has 0 amide bonds. The zero-order valence-corrected chi connectivity index (χ0v) is 19.2. The molecule has 0 spiro atoms. The number of hydrogen-bond donors (Lipinski definition) is 0. The number of nitrogens with zero attached hydrogens (tertiary/aromatic N) is 2. The predicted octanol–water partition coefficient (Wildman–Crippen LogP) is 7.22. The molecule has 2 heterocycles. The van der Waals surface area contributed by atoms with Crippen molar-refractivity contribution in [3.05, 3.63) is 77.2 Å². The van der Waals surface area contributed by atoms with E-state index in [1.165, 1.54) is 22.4 Å². The van der Waals surface area contributed by atoms with E-state index in [0.29, 0.717) is 5.92 Å². The Bertz CT molecular complexity index is 996. The lowest BCUT2D eigenvalue weighted by molar-refractivity contribution is 0.482. The summed E-state index contributed by atoms with van der Waals surface area (Å²) in [6.45, 7) is 18.2. The van der Waals surface area contributed by atoms with Crippen molar-refractivity contribution in [2.75, 3.05) is 4.90 Å². The van der Waals surface area contributed by atoms with Gasteiger partial charge in [-0.2, -0.15) is 0 Å². The Labute approximate surface area is 176 Å². The van der Waals surface area contributed by atoms with Crippen molar-refractivity contribution in [1.82, 2.24) is 4.98 Å². The van der Waals surface area contributed by atoms with Crippen molar-refractivity contribution in [2.45, 2.75) is 72.3 Å². The Kier molecular flexibility index (Phi) is 4.35. The molecule has 2 unspecified atom stereocenters. The summed E-state index contributed by atoms with van der Waals surface area (Å²) in [4.78, 5) is 7.08.